The Balaban J connectivity index is 2.41. The van der Waals surface area contributed by atoms with Crippen LogP contribution in [0, 0.1) is 0 Å². The van der Waals surface area contributed by atoms with Crippen molar-refractivity contribution in [2.75, 3.05) is 11.9 Å². The summed E-state index contributed by atoms with van der Waals surface area (Å²) in [6.07, 6.45) is -0.543. The normalized spacial score (nSPS) is 11.7. The van der Waals surface area contributed by atoms with E-state index in [2.05, 4.69) is 10.6 Å². The molecule has 0 fully saturated rings. The average Bonchev–Trinajstić information content (AvgIpc) is 2.36. The molecule has 8 nitrogen and oxygen atoms in total. The molecule has 0 unspecified atom stereocenters. The number of carbonyl (C=O) groups is 2. The summed E-state index contributed by atoms with van der Waals surface area (Å²) in [5.41, 5.74) is -0.170. The third kappa shape index (κ3) is 7.61. The number of primary sulfonamides is 1. The van der Waals surface area contributed by atoms with E-state index in [1.807, 2.05) is 0 Å². The highest BCUT2D eigenvalue weighted by Gasteiger charge is 2.16. The Bertz CT molecular complexity index is 663. The molecule has 1 aromatic rings. The van der Waals surface area contributed by atoms with Crippen molar-refractivity contribution in [3.8, 4) is 0 Å². The van der Waals surface area contributed by atoms with Gasteiger partial charge in [0.2, 0.25) is 15.9 Å². The predicted octanol–water partition coefficient (Wildman–Crippen LogP) is 1.19. The second-order valence-electron chi connectivity index (χ2n) is 5.80. The molecule has 0 aliphatic heterocycles. The number of ether oxygens (including phenoxy) is 1. The highest BCUT2D eigenvalue weighted by molar-refractivity contribution is 7.89. The van der Waals surface area contributed by atoms with E-state index in [0.29, 0.717) is 5.69 Å². The number of rotatable bonds is 5. The number of hydrogen-bond acceptors (Lipinski definition) is 5. The van der Waals surface area contributed by atoms with Crippen LogP contribution >= 0.6 is 0 Å². The lowest BCUT2D eigenvalue weighted by molar-refractivity contribution is -0.116. The third-order valence-corrected chi connectivity index (χ3v) is 3.42. The van der Waals surface area contributed by atoms with Crippen LogP contribution in [0.3, 0.4) is 0 Å². The molecule has 1 rings (SSSR count). The van der Waals surface area contributed by atoms with Gasteiger partial charge in [0, 0.05) is 18.7 Å². The molecule has 0 atom stereocenters. The van der Waals surface area contributed by atoms with Crippen LogP contribution in [0.25, 0.3) is 0 Å². The largest absolute Gasteiger partial charge is 0.444 e. The number of nitrogens with one attached hydrogen (secondary N) is 2. The second-order valence-corrected chi connectivity index (χ2v) is 7.36. The number of nitrogens with two attached hydrogens (primary N) is 1. The van der Waals surface area contributed by atoms with Crippen LogP contribution in [0.1, 0.15) is 27.2 Å². The summed E-state index contributed by atoms with van der Waals surface area (Å²) in [4.78, 5) is 23.1. The average molecular weight is 343 g/mol. The fourth-order valence-electron chi connectivity index (χ4n) is 1.54. The molecule has 1 aromatic carbocycles. The summed E-state index contributed by atoms with van der Waals surface area (Å²) in [7, 11) is -3.76. The van der Waals surface area contributed by atoms with Crippen molar-refractivity contribution < 1.29 is 22.7 Å². The summed E-state index contributed by atoms with van der Waals surface area (Å²) in [6.45, 7) is 5.34. The monoisotopic (exact) mass is 343 g/mol. The van der Waals surface area contributed by atoms with Crippen molar-refractivity contribution in [1.29, 1.82) is 0 Å². The van der Waals surface area contributed by atoms with Crippen LogP contribution in [-0.4, -0.2) is 32.6 Å². The minimum atomic E-state index is -3.76. The van der Waals surface area contributed by atoms with E-state index in [9.17, 15) is 18.0 Å². The number of benzene rings is 1. The van der Waals surface area contributed by atoms with Crippen molar-refractivity contribution in [3.05, 3.63) is 24.3 Å². The van der Waals surface area contributed by atoms with Gasteiger partial charge in [0.1, 0.15) is 5.60 Å². The summed E-state index contributed by atoms with van der Waals surface area (Å²) >= 11 is 0. The molecule has 23 heavy (non-hydrogen) atoms. The second kappa shape index (κ2) is 7.42. The smallest absolute Gasteiger partial charge is 0.407 e. The van der Waals surface area contributed by atoms with Crippen molar-refractivity contribution in [3.63, 3.8) is 0 Å². The summed E-state index contributed by atoms with van der Waals surface area (Å²) < 4.78 is 27.3. The number of alkyl carbamates (subject to hydrolysis) is 1. The van der Waals surface area contributed by atoms with E-state index >= 15 is 0 Å². The van der Waals surface area contributed by atoms with Gasteiger partial charge in [-0.3, -0.25) is 4.79 Å². The first kappa shape index (κ1) is 18.9. The van der Waals surface area contributed by atoms with Crippen molar-refractivity contribution in [2.24, 2.45) is 5.14 Å². The number of sulfonamides is 1. The first-order valence-corrected chi connectivity index (χ1v) is 8.41. The van der Waals surface area contributed by atoms with E-state index in [4.69, 9.17) is 9.88 Å². The molecule has 0 radical (unpaired) electrons. The van der Waals surface area contributed by atoms with E-state index in [1.165, 1.54) is 24.3 Å². The molecule has 2 amide bonds. The minimum Gasteiger partial charge on any atom is -0.444 e. The number of carbonyl (C=O) groups excluding carboxylic acids is 2. The molecule has 0 bridgehead atoms. The molecular weight excluding hydrogens is 322 g/mol. The van der Waals surface area contributed by atoms with Gasteiger partial charge in [0.15, 0.2) is 0 Å². The van der Waals surface area contributed by atoms with Gasteiger partial charge in [-0.2, -0.15) is 0 Å². The molecule has 0 aromatic heterocycles. The zero-order valence-corrected chi connectivity index (χ0v) is 14.1. The summed E-state index contributed by atoms with van der Waals surface area (Å²) in [5, 5.41) is 10.0. The number of hydrogen-bond donors (Lipinski definition) is 3. The minimum absolute atomic E-state index is 0.0397. The SMILES string of the molecule is CC(C)(C)OC(=O)NCCC(=O)Nc1ccc(S(N)(=O)=O)cc1. The van der Waals surface area contributed by atoms with Gasteiger partial charge in [-0.1, -0.05) is 0 Å². The lowest BCUT2D eigenvalue weighted by Gasteiger charge is -2.19. The first-order valence-electron chi connectivity index (χ1n) is 6.87. The fraction of sp³-hybridized carbons (Fsp3) is 0.429. The molecule has 9 heteroatoms. The Hall–Kier alpha value is -2.13. The van der Waals surface area contributed by atoms with E-state index in [-0.39, 0.29) is 23.8 Å². The molecule has 0 saturated heterocycles. The first-order chi connectivity index (χ1) is 10.5. The highest BCUT2D eigenvalue weighted by Crippen LogP contribution is 2.12. The van der Waals surface area contributed by atoms with Crippen LogP contribution in [0.4, 0.5) is 10.5 Å². The van der Waals surface area contributed by atoms with Crippen LogP contribution in [-0.2, 0) is 19.6 Å². The van der Waals surface area contributed by atoms with Gasteiger partial charge in [-0.15, -0.1) is 0 Å². The van der Waals surface area contributed by atoms with Crippen LogP contribution < -0.4 is 15.8 Å². The maximum atomic E-state index is 11.7. The quantitative estimate of drug-likeness (QED) is 0.740. The van der Waals surface area contributed by atoms with Crippen LogP contribution in [0.5, 0.6) is 0 Å². The lowest BCUT2D eigenvalue weighted by atomic mass is 10.2. The molecular formula is C14H21N3O5S. The van der Waals surface area contributed by atoms with Crippen molar-refractivity contribution >= 4 is 27.7 Å². The molecule has 128 valence electrons. The molecule has 0 aliphatic carbocycles. The zero-order valence-electron chi connectivity index (χ0n) is 13.3. The number of anilines is 1. The van der Waals surface area contributed by atoms with Gasteiger partial charge in [0.25, 0.3) is 0 Å². The summed E-state index contributed by atoms with van der Waals surface area (Å²) in [5.74, 6) is -0.329. The lowest BCUT2D eigenvalue weighted by Crippen LogP contribution is -2.34. The summed E-state index contributed by atoms with van der Waals surface area (Å²) in [6, 6.07) is 5.45. The van der Waals surface area contributed by atoms with Gasteiger partial charge >= 0.3 is 6.09 Å². The van der Waals surface area contributed by atoms with Crippen LogP contribution in [0.15, 0.2) is 29.2 Å². The third-order valence-electron chi connectivity index (χ3n) is 2.49. The van der Waals surface area contributed by atoms with E-state index in [1.54, 1.807) is 20.8 Å². The van der Waals surface area contributed by atoms with Crippen molar-refractivity contribution in [2.45, 2.75) is 37.7 Å². The van der Waals surface area contributed by atoms with Gasteiger partial charge in [-0.25, -0.2) is 18.4 Å². The topological polar surface area (TPSA) is 128 Å². The molecule has 0 saturated carbocycles. The predicted molar refractivity (Wildman–Crippen MR) is 85.3 cm³/mol. The van der Waals surface area contributed by atoms with E-state index in [0.717, 1.165) is 0 Å². The Morgan fingerprint density at radius 2 is 1.74 bits per heavy atom. The standard InChI is InChI=1S/C14H21N3O5S/c1-14(2,3)22-13(19)16-9-8-12(18)17-10-4-6-11(7-5-10)23(15,20)21/h4-7H,8-9H2,1-3H3,(H,16,19)(H,17,18)(H2,15,20,21). The zero-order chi connectivity index (χ0) is 17.7. The van der Waals surface area contributed by atoms with Crippen LogP contribution in [0.2, 0.25) is 0 Å². The fourth-order valence-corrected chi connectivity index (χ4v) is 2.06. The Morgan fingerprint density at radius 3 is 2.22 bits per heavy atom. The maximum Gasteiger partial charge on any atom is 0.407 e. The maximum absolute atomic E-state index is 11.7. The van der Waals surface area contributed by atoms with Gasteiger partial charge < -0.3 is 15.4 Å². The molecule has 0 aliphatic rings. The Labute approximate surface area is 135 Å². The van der Waals surface area contributed by atoms with E-state index < -0.39 is 21.7 Å². The highest BCUT2D eigenvalue weighted by atomic mass is 32.2. The van der Waals surface area contributed by atoms with Crippen molar-refractivity contribution in [1.82, 2.24) is 5.32 Å². The number of amides is 2. The molecule has 4 N–H and O–H groups in total. The molecule has 0 heterocycles. The van der Waals surface area contributed by atoms with Gasteiger partial charge in [-0.05, 0) is 45.0 Å². The van der Waals surface area contributed by atoms with Gasteiger partial charge in [0.05, 0.1) is 4.90 Å². The Kier molecular flexibility index (Phi) is 6.11. The Morgan fingerprint density at radius 1 is 1.17 bits per heavy atom. The molecule has 0 spiro atoms.